The Bertz CT molecular complexity index is 529. The highest BCUT2D eigenvalue weighted by atomic mass is 79.9. The fourth-order valence-corrected chi connectivity index (χ4v) is 3.31. The van der Waals surface area contributed by atoms with Crippen LogP contribution in [0.3, 0.4) is 0 Å². The molecule has 1 unspecified atom stereocenters. The maximum atomic E-state index is 10.1. The van der Waals surface area contributed by atoms with E-state index in [1.807, 2.05) is 12.1 Å². The van der Waals surface area contributed by atoms with Crippen LogP contribution >= 0.6 is 38.9 Å². The topological polar surface area (TPSA) is 46.2 Å². The Labute approximate surface area is 117 Å². The maximum absolute atomic E-state index is 10.1. The fraction of sp³-hybridized carbons (Fsp3) is 0.167. The van der Waals surface area contributed by atoms with Gasteiger partial charge in [-0.15, -0.1) is 11.3 Å². The molecule has 0 bridgehead atoms. The molecule has 1 aromatic heterocycles. The summed E-state index contributed by atoms with van der Waals surface area (Å²) in [6, 6.07) is 9.12. The van der Waals surface area contributed by atoms with Gasteiger partial charge in [-0.3, -0.25) is 0 Å². The first-order valence-corrected chi connectivity index (χ1v) is 7.02. The number of anilines is 1. The number of hydrogen-bond donors (Lipinski definition) is 2. The molecule has 0 aliphatic rings. The molecule has 2 nitrogen and oxygen atoms in total. The number of nitrogens with two attached hydrogens (primary N) is 1. The summed E-state index contributed by atoms with van der Waals surface area (Å²) in [4.78, 5) is 1.11. The molecule has 1 aromatic carbocycles. The van der Waals surface area contributed by atoms with E-state index in [9.17, 15) is 5.11 Å². The number of hydrogen-bond acceptors (Lipinski definition) is 3. The van der Waals surface area contributed by atoms with Crippen molar-refractivity contribution >= 4 is 44.6 Å². The van der Waals surface area contributed by atoms with Gasteiger partial charge in [0.15, 0.2) is 0 Å². The van der Waals surface area contributed by atoms with Crippen molar-refractivity contribution in [1.82, 2.24) is 0 Å². The molecular formula is C12H11BrClNOS. The Morgan fingerprint density at radius 1 is 1.35 bits per heavy atom. The predicted molar refractivity (Wildman–Crippen MR) is 76.5 cm³/mol. The van der Waals surface area contributed by atoms with Crippen molar-refractivity contribution in [3.05, 3.63) is 49.6 Å². The van der Waals surface area contributed by atoms with Crippen LogP contribution in [0.4, 0.5) is 5.69 Å². The average Bonchev–Trinajstić information content (AvgIpc) is 2.63. The van der Waals surface area contributed by atoms with Gasteiger partial charge in [-0.25, -0.2) is 0 Å². The zero-order valence-electron chi connectivity index (χ0n) is 8.86. The van der Waals surface area contributed by atoms with Crippen LogP contribution in [0, 0.1) is 0 Å². The lowest BCUT2D eigenvalue weighted by Crippen LogP contribution is -2.04. The van der Waals surface area contributed by atoms with Crippen molar-refractivity contribution in [2.24, 2.45) is 0 Å². The van der Waals surface area contributed by atoms with Gasteiger partial charge in [0, 0.05) is 27.6 Å². The smallest absolute Gasteiger partial charge is 0.0858 e. The second-order valence-electron chi connectivity index (χ2n) is 3.70. The van der Waals surface area contributed by atoms with E-state index < -0.39 is 6.10 Å². The van der Waals surface area contributed by atoms with E-state index in [0.717, 1.165) is 14.2 Å². The highest BCUT2D eigenvalue weighted by molar-refractivity contribution is 9.11. The van der Waals surface area contributed by atoms with Gasteiger partial charge in [-0.2, -0.15) is 0 Å². The lowest BCUT2D eigenvalue weighted by Gasteiger charge is -2.12. The predicted octanol–water partition coefficient (Wildman–Crippen LogP) is 4.02. The monoisotopic (exact) mass is 331 g/mol. The van der Waals surface area contributed by atoms with E-state index in [-0.39, 0.29) is 0 Å². The Morgan fingerprint density at radius 3 is 2.71 bits per heavy atom. The summed E-state index contributed by atoms with van der Waals surface area (Å²) in [5, 5.41) is 10.7. The molecule has 2 aromatic rings. The third-order valence-corrected chi connectivity index (χ3v) is 4.31. The van der Waals surface area contributed by atoms with Gasteiger partial charge in [0.2, 0.25) is 0 Å². The van der Waals surface area contributed by atoms with Gasteiger partial charge >= 0.3 is 0 Å². The van der Waals surface area contributed by atoms with Crippen LogP contribution in [0.1, 0.15) is 16.5 Å². The molecule has 0 aliphatic heterocycles. The zero-order valence-corrected chi connectivity index (χ0v) is 12.0. The largest absolute Gasteiger partial charge is 0.398 e. The number of rotatable bonds is 3. The van der Waals surface area contributed by atoms with E-state index >= 15 is 0 Å². The second kappa shape index (κ2) is 5.40. The number of thiophene rings is 1. The number of aliphatic hydroxyl groups excluding tert-OH is 1. The van der Waals surface area contributed by atoms with Gasteiger partial charge in [0.25, 0.3) is 0 Å². The molecule has 5 heteroatoms. The van der Waals surface area contributed by atoms with Gasteiger partial charge in [-0.05, 0) is 40.2 Å². The average molecular weight is 333 g/mol. The van der Waals surface area contributed by atoms with E-state index in [4.69, 9.17) is 17.3 Å². The summed E-state index contributed by atoms with van der Waals surface area (Å²) in [7, 11) is 0. The normalized spacial score (nSPS) is 12.6. The van der Waals surface area contributed by atoms with Crippen molar-refractivity contribution in [3.8, 4) is 0 Å². The van der Waals surface area contributed by atoms with Crippen molar-refractivity contribution in [2.75, 3.05) is 5.73 Å². The summed E-state index contributed by atoms with van der Waals surface area (Å²) in [6.45, 7) is 0. The van der Waals surface area contributed by atoms with Crippen molar-refractivity contribution in [2.45, 2.75) is 12.5 Å². The highest BCUT2D eigenvalue weighted by Crippen LogP contribution is 2.30. The molecule has 17 heavy (non-hydrogen) atoms. The van der Waals surface area contributed by atoms with Gasteiger partial charge in [0.05, 0.1) is 9.89 Å². The molecule has 0 amide bonds. The molecule has 1 heterocycles. The third-order valence-electron chi connectivity index (χ3n) is 2.43. The van der Waals surface area contributed by atoms with Crippen LogP contribution in [-0.2, 0) is 6.42 Å². The van der Waals surface area contributed by atoms with Crippen LogP contribution in [0.15, 0.2) is 34.1 Å². The molecule has 3 N–H and O–H groups in total. The van der Waals surface area contributed by atoms with E-state index in [1.54, 1.807) is 29.5 Å². The minimum Gasteiger partial charge on any atom is -0.398 e. The van der Waals surface area contributed by atoms with Crippen LogP contribution in [0.2, 0.25) is 5.02 Å². The van der Waals surface area contributed by atoms with Crippen LogP contribution in [0.5, 0.6) is 0 Å². The van der Waals surface area contributed by atoms with Gasteiger partial charge < -0.3 is 10.8 Å². The first-order chi connectivity index (χ1) is 8.06. The van der Waals surface area contributed by atoms with Crippen molar-refractivity contribution in [1.29, 1.82) is 0 Å². The Kier molecular flexibility index (Phi) is 4.09. The van der Waals surface area contributed by atoms with Crippen LogP contribution < -0.4 is 5.73 Å². The van der Waals surface area contributed by atoms with Crippen molar-refractivity contribution < 1.29 is 5.11 Å². The van der Waals surface area contributed by atoms with E-state index in [1.165, 1.54) is 0 Å². The standard InChI is InChI=1S/C12H11BrClNOS/c13-12-4-2-8(17-12)6-11(16)9-3-1-7(14)5-10(9)15/h1-5,11,16H,6,15H2. The quantitative estimate of drug-likeness (QED) is 0.834. The molecule has 0 saturated heterocycles. The molecule has 0 aliphatic carbocycles. The van der Waals surface area contributed by atoms with Crippen LogP contribution in [0.25, 0.3) is 0 Å². The lowest BCUT2D eigenvalue weighted by molar-refractivity contribution is 0.180. The first kappa shape index (κ1) is 12.9. The highest BCUT2D eigenvalue weighted by Gasteiger charge is 2.13. The first-order valence-electron chi connectivity index (χ1n) is 5.03. The molecule has 0 fully saturated rings. The van der Waals surface area contributed by atoms with Gasteiger partial charge in [-0.1, -0.05) is 17.7 Å². The summed E-state index contributed by atoms with van der Waals surface area (Å²) < 4.78 is 1.06. The molecular weight excluding hydrogens is 322 g/mol. The molecule has 90 valence electrons. The Balaban J connectivity index is 2.17. The van der Waals surface area contributed by atoms with Gasteiger partial charge in [0.1, 0.15) is 0 Å². The minimum atomic E-state index is -0.599. The number of nitrogen functional groups attached to an aromatic ring is 1. The van der Waals surface area contributed by atoms with E-state index in [2.05, 4.69) is 15.9 Å². The number of aliphatic hydroxyl groups is 1. The molecule has 0 saturated carbocycles. The second-order valence-corrected chi connectivity index (χ2v) is 6.68. The molecule has 2 rings (SSSR count). The Morgan fingerprint density at radius 2 is 2.12 bits per heavy atom. The lowest BCUT2D eigenvalue weighted by atomic mass is 10.0. The summed E-state index contributed by atoms with van der Waals surface area (Å²) in [6.07, 6.45) is -0.0416. The molecule has 1 atom stereocenters. The minimum absolute atomic E-state index is 0.528. The van der Waals surface area contributed by atoms with Crippen molar-refractivity contribution in [3.63, 3.8) is 0 Å². The molecule has 0 spiro atoms. The summed E-state index contributed by atoms with van der Waals surface area (Å²) in [5.74, 6) is 0. The third kappa shape index (κ3) is 3.22. The maximum Gasteiger partial charge on any atom is 0.0858 e. The zero-order chi connectivity index (χ0) is 12.4. The Hall–Kier alpha value is -0.550. The number of halogens is 2. The SMILES string of the molecule is Nc1cc(Cl)ccc1C(O)Cc1ccc(Br)s1. The fourth-order valence-electron chi connectivity index (χ4n) is 1.61. The molecule has 0 radical (unpaired) electrons. The number of benzene rings is 1. The van der Waals surface area contributed by atoms with Crippen LogP contribution in [-0.4, -0.2) is 5.11 Å². The van der Waals surface area contributed by atoms with E-state index in [0.29, 0.717) is 17.1 Å². The summed E-state index contributed by atoms with van der Waals surface area (Å²) in [5.41, 5.74) is 7.08. The summed E-state index contributed by atoms with van der Waals surface area (Å²) >= 11 is 10.8.